The number of hydrogen-bond donors (Lipinski definition) is 3. The van der Waals surface area contributed by atoms with Gasteiger partial charge in [0.1, 0.15) is 12.1 Å². The van der Waals surface area contributed by atoms with Gasteiger partial charge in [-0.2, -0.15) is 0 Å². The molecule has 3 N–H and O–H groups in total. The number of urea groups is 1. The number of carbonyl (C=O) groups is 3. The smallest absolute Gasteiger partial charge is 0.325 e. The Hall–Kier alpha value is -4.13. The first kappa shape index (κ1) is 21.1. The van der Waals surface area contributed by atoms with E-state index in [9.17, 15) is 14.4 Å². The highest BCUT2D eigenvalue weighted by Gasteiger charge is 2.49. The van der Waals surface area contributed by atoms with Gasteiger partial charge in [0.05, 0.1) is 11.4 Å². The van der Waals surface area contributed by atoms with Crippen LogP contribution in [0.2, 0.25) is 0 Å². The third-order valence-electron chi connectivity index (χ3n) is 5.46. The second-order valence-electron chi connectivity index (χ2n) is 7.90. The van der Waals surface area contributed by atoms with Gasteiger partial charge in [-0.1, -0.05) is 60.2 Å². The molecule has 0 spiro atoms. The second kappa shape index (κ2) is 8.55. The van der Waals surface area contributed by atoms with Crippen molar-refractivity contribution < 1.29 is 14.4 Å². The maximum atomic E-state index is 13.1. The van der Waals surface area contributed by atoms with Crippen LogP contribution in [-0.4, -0.2) is 29.3 Å². The highest BCUT2D eigenvalue weighted by molar-refractivity contribution is 6.10. The summed E-state index contributed by atoms with van der Waals surface area (Å²) >= 11 is 0. The zero-order valence-electron chi connectivity index (χ0n) is 17.9. The lowest BCUT2D eigenvalue weighted by atomic mass is 9.91. The van der Waals surface area contributed by atoms with Crippen molar-refractivity contribution >= 4 is 34.9 Å². The van der Waals surface area contributed by atoms with Gasteiger partial charge in [-0.25, -0.2) is 4.79 Å². The maximum absolute atomic E-state index is 13.1. The number of rotatable bonds is 6. The van der Waals surface area contributed by atoms with E-state index in [0.717, 1.165) is 16.2 Å². The molecule has 7 heteroatoms. The van der Waals surface area contributed by atoms with Gasteiger partial charge in [-0.3, -0.25) is 14.5 Å². The highest BCUT2D eigenvalue weighted by Crippen LogP contribution is 2.29. The molecule has 32 heavy (non-hydrogen) atoms. The van der Waals surface area contributed by atoms with Crippen LogP contribution in [0.5, 0.6) is 0 Å². The van der Waals surface area contributed by atoms with Crippen molar-refractivity contribution in [3.63, 3.8) is 0 Å². The summed E-state index contributed by atoms with van der Waals surface area (Å²) in [5.74, 6) is -0.929. The van der Waals surface area contributed by atoms with Gasteiger partial charge in [0.25, 0.3) is 5.91 Å². The lowest BCUT2D eigenvalue weighted by Gasteiger charge is -2.22. The van der Waals surface area contributed by atoms with Crippen LogP contribution in [0.4, 0.5) is 21.9 Å². The minimum absolute atomic E-state index is 0.383. The van der Waals surface area contributed by atoms with Crippen LogP contribution in [0.15, 0.2) is 78.9 Å². The number of amides is 4. The molecule has 0 bridgehead atoms. The largest absolute Gasteiger partial charge is 0.354 e. The highest BCUT2D eigenvalue weighted by atomic mass is 16.2. The average molecular weight is 428 g/mol. The summed E-state index contributed by atoms with van der Waals surface area (Å²) in [6.07, 6.45) is 0. The van der Waals surface area contributed by atoms with Gasteiger partial charge >= 0.3 is 6.03 Å². The summed E-state index contributed by atoms with van der Waals surface area (Å²) in [6.45, 7) is 3.21. The number of para-hydroxylation sites is 3. The molecule has 7 nitrogen and oxygen atoms in total. The minimum atomic E-state index is -1.21. The molecule has 1 unspecified atom stereocenters. The molecule has 0 saturated carbocycles. The lowest BCUT2D eigenvalue weighted by molar-refractivity contribution is -0.133. The molecule has 4 rings (SSSR count). The number of anilines is 3. The van der Waals surface area contributed by atoms with Crippen molar-refractivity contribution in [3.8, 4) is 0 Å². The molecule has 1 atom stereocenters. The predicted molar refractivity (Wildman–Crippen MR) is 124 cm³/mol. The summed E-state index contributed by atoms with van der Waals surface area (Å²) in [5.41, 5.74) is 2.63. The molecule has 1 aliphatic rings. The zero-order chi connectivity index (χ0) is 22.7. The van der Waals surface area contributed by atoms with E-state index in [4.69, 9.17) is 0 Å². The van der Waals surface area contributed by atoms with Crippen LogP contribution in [0.25, 0.3) is 0 Å². The van der Waals surface area contributed by atoms with Crippen LogP contribution in [0, 0.1) is 6.92 Å². The third kappa shape index (κ3) is 4.18. The van der Waals surface area contributed by atoms with Crippen LogP contribution in [0.3, 0.4) is 0 Å². The van der Waals surface area contributed by atoms with E-state index in [2.05, 4.69) is 16.0 Å². The van der Waals surface area contributed by atoms with Crippen LogP contribution in [-0.2, 0) is 15.1 Å². The first-order valence-corrected chi connectivity index (χ1v) is 10.3. The summed E-state index contributed by atoms with van der Waals surface area (Å²) in [4.78, 5) is 39.3. The normalized spacial score (nSPS) is 17.8. The van der Waals surface area contributed by atoms with Crippen molar-refractivity contribution in [3.05, 3.63) is 90.0 Å². The SMILES string of the molecule is Cc1ccc(C2(C)NC(=O)N(CC(=O)Nc3ccccc3Nc3ccccc3)C2=O)cc1. The molecule has 0 aromatic heterocycles. The van der Waals surface area contributed by atoms with E-state index in [1.807, 2.05) is 73.7 Å². The molecule has 0 radical (unpaired) electrons. The maximum Gasteiger partial charge on any atom is 0.325 e. The van der Waals surface area contributed by atoms with E-state index in [1.165, 1.54) is 0 Å². The van der Waals surface area contributed by atoms with E-state index in [-0.39, 0.29) is 6.54 Å². The summed E-state index contributed by atoms with van der Waals surface area (Å²) < 4.78 is 0. The Balaban J connectivity index is 1.47. The van der Waals surface area contributed by atoms with Crippen molar-refractivity contribution in [1.82, 2.24) is 10.2 Å². The van der Waals surface area contributed by atoms with Gasteiger partial charge in [0.15, 0.2) is 0 Å². The van der Waals surface area contributed by atoms with Crippen LogP contribution < -0.4 is 16.0 Å². The number of hydrogen-bond acceptors (Lipinski definition) is 4. The van der Waals surface area contributed by atoms with E-state index in [1.54, 1.807) is 19.1 Å². The molecule has 4 amide bonds. The standard InChI is InChI=1S/C25H24N4O3/c1-17-12-14-18(15-13-17)25(2)23(31)29(24(32)28-25)16-22(30)27-21-11-7-6-10-20(21)26-19-8-4-3-5-9-19/h3-15,26H,16H2,1-2H3,(H,27,30)(H,28,32). The molecular formula is C25H24N4O3. The Morgan fingerprint density at radius 2 is 1.53 bits per heavy atom. The molecule has 3 aromatic rings. The Morgan fingerprint density at radius 1 is 0.906 bits per heavy atom. The third-order valence-corrected chi connectivity index (χ3v) is 5.46. The molecule has 1 saturated heterocycles. The molecule has 162 valence electrons. The molecule has 0 aliphatic carbocycles. The van der Waals surface area contributed by atoms with Crippen LogP contribution in [0.1, 0.15) is 18.1 Å². The number of nitrogens with one attached hydrogen (secondary N) is 3. The van der Waals surface area contributed by atoms with Crippen molar-refractivity contribution in [2.24, 2.45) is 0 Å². The first-order chi connectivity index (χ1) is 15.4. The summed E-state index contributed by atoms with van der Waals surface area (Å²) in [7, 11) is 0. The Morgan fingerprint density at radius 3 is 2.22 bits per heavy atom. The van der Waals surface area contributed by atoms with Crippen LogP contribution >= 0.6 is 0 Å². The molecular weight excluding hydrogens is 404 g/mol. The minimum Gasteiger partial charge on any atom is -0.354 e. The number of nitrogens with zero attached hydrogens (tertiary/aromatic N) is 1. The van der Waals surface area contributed by atoms with Gasteiger partial charge in [-0.05, 0) is 43.7 Å². The monoisotopic (exact) mass is 428 g/mol. The fourth-order valence-electron chi connectivity index (χ4n) is 3.63. The fourth-order valence-corrected chi connectivity index (χ4v) is 3.63. The summed E-state index contributed by atoms with van der Waals surface area (Å²) in [5, 5.41) is 8.78. The number of aryl methyl sites for hydroxylation is 1. The Bertz CT molecular complexity index is 1160. The van der Waals surface area contributed by atoms with E-state index < -0.39 is 23.4 Å². The number of imide groups is 1. The topological polar surface area (TPSA) is 90.5 Å². The van der Waals surface area contributed by atoms with Crippen molar-refractivity contribution in [1.29, 1.82) is 0 Å². The zero-order valence-corrected chi connectivity index (χ0v) is 17.9. The van der Waals surface area contributed by atoms with E-state index in [0.29, 0.717) is 16.9 Å². The van der Waals surface area contributed by atoms with Gasteiger partial charge in [0, 0.05) is 5.69 Å². The summed E-state index contributed by atoms with van der Waals surface area (Å²) in [6, 6.07) is 23.6. The fraction of sp³-hybridized carbons (Fsp3) is 0.160. The van der Waals surface area contributed by atoms with Gasteiger partial charge in [-0.15, -0.1) is 0 Å². The van der Waals surface area contributed by atoms with Crippen molar-refractivity contribution in [2.75, 3.05) is 17.2 Å². The average Bonchev–Trinajstić information content (AvgIpc) is 3.00. The van der Waals surface area contributed by atoms with Gasteiger partial charge in [0.2, 0.25) is 5.91 Å². The second-order valence-corrected chi connectivity index (χ2v) is 7.90. The molecule has 1 aliphatic heterocycles. The number of benzene rings is 3. The first-order valence-electron chi connectivity index (χ1n) is 10.3. The quantitative estimate of drug-likeness (QED) is 0.515. The Kier molecular flexibility index (Phi) is 5.64. The molecule has 3 aromatic carbocycles. The van der Waals surface area contributed by atoms with Gasteiger partial charge < -0.3 is 16.0 Å². The van der Waals surface area contributed by atoms with Crippen molar-refractivity contribution in [2.45, 2.75) is 19.4 Å². The predicted octanol–water partition coefficient (Wildman–Crippen LogP) is 4.14. The Labute approximate surface area is 186 Å². The number of carbonyl (C=O) groups excluding carboxylic acids is 3. The van der Waals surface area contributed by atoms with E-state index >= 15 is 0 Å². The lowest BCUT2D eigenvalue weighted by Crippen LogP contribution is -2.42. The molecule has 1 heterocycles. The molecule has 1 fully saturated rings.